The molecule has 2 aromatic rings. The van der Waals surface area contributed by atoms with Gasteiger partial charge in [0.05, 0.1) is 16.2 Å². The van der Waals surface area contributed by atoms with Gasteiger partial charge in [-0.25, -0.2) is 0 Å². The highest BCUT2D eigenvalue weighted by Crippen LogP contribution is 2.25. The third kappa shape index (κ3) is 4.26. The summed E-state index contributed by atoms with van der Waals surface area (Å²) in [5, 5.41) is 20.2. The molecule has 2 aromatic carbocycles. The van der Waals surface area contributed by atoms with Crippen LogP contribution in [0.5, 0.6) is 0 Å². The minimum Gasteiger partial charge on any atom is -0.368 e. The van der Waals surface area contributed by atoms with Crippen molar-refractivity contribution in [1.82, 2.24) is 4.90 Å². The molecular weight excluding hydrogens is 328 g/mol. The number of nitro benzene ring substituents is 1. The monoisotopic (exact) mass is 348 g/mol. The van der Waals surface area contributed by atoms with Gasteiger partial charge in [0.1, 0.15) is 6.07 Å². The first-order valence-electron chi connectivity index (χ1n) is 8.55. The molecule has 0 amide bonds. The summed E-state index contributed by atoms with van der Waals surface area (Å²) in [6.45, 7) is 4.26. The van der Waals surface area contributed by atoms with Crippen molar-refractivity contribution in [3.63, 3.8) is 0 Å². The maximum absolute atomic E-state index is 10.9. The predicted octanol–water partition coefficient (Wildman–Crippen LogP) is 3.30. The van der Waals surface area contributed by atoms with Crippen LogP contribution < -0.4 is 4.90 Å². The average Bonchev–Trinajstić information content (AvgIpc) is 2.69. The van der Waals surface area contributed by atoms with Crippen LogP contribution in [0.1, 0.15) is 11.1 Å². The number of nitriles is 1. The molecule has 0 aliphatic carbocycles. The quantitative estimate of drug-likeness (QED) is 0.612. The second-order valence-corrected chi connectivity index (χ2v) is 6.17. The van der Waals surface area contributed by atoms with E-state index in [1.807, 2.05) is 18.2 Å². The lowest BCUT2D eigenvalue weighted by Crippen LogP contribution is -2.46. The molecule has 0 aromatic heterocycles. The maximum Gasteiger partial charge on any atom is 0.270 e. The highest BCUT2D eigenvalue weighted by atomic mass is 16.6. The molecule has 0 bridgehead atoms. The van der Waals surface area contributed by atoms with Crippen molar-refractivity contribution in [2.24, 2.45) is 0 Å². The molecule has 132 valence electrons. The lowest BCUT2D eigenvalue weighted by Gasteiger charge is -2.35. The smallest absolute Gasteiger partial charge is 0.270 e. The molecule has 3 rings (SSSR count). The van der Waals surface area contributed by atoms with Gasteiger partial charge in [-0.15, -0.1) is 0 Å². The topological polar surface area (TPSA) is 73.4 Å². The van der Waals surface area contributed by atoms with Gasteiger partial charge < -0.3 is 4.90 Å². The first kappa shape index (κ1) is 17.6. The minimum atomic E-state index is -0.471. The summed E-state index contributed by atoms with van der Waals surface area (Å²) in [5.41, 5.74) is 2.28. The fourth-order valence-electron chi connectivity index (χ4n) is 3.08. The van der Waals surface area contributed by atoms with Crippen LogP contribution in [-0.4, -0.2) is 42.5 Å². The highest BCUT2D eigenvalue weighted by Gasteiger charge is 2.20. The van der Waals surface area contributed by atoms with E-state index in [2.05, 4.69) is 40.2 Å². The number of piperazine rings is 1. The van der Waals surface area contributed by atoms with Gasteiger partial charge in [0.2, 0.25) is 0 Å². The molecule has 6 heteroatoms. The fraction of sp³-hybridized carbons (Fsp3) is 0.250. The van der Waals surface area contributed by atoms with Crippen molar-refractivity contribution in [2.75, 3.05) is 37.6 Å². The Morgan fingerprint density at radius 1 is 1.12 bits per heavy atom. The van der Waals surface area contributed by atoms with E-state index >= 15 is 0 Å². The van der Waals surface area contributed by atoms with E-state index in [9.17, 15) is 15.4 Å². The summed E-state index contributed by atoms with van der Waals surface area (Å²) < 4.78 is 0. The van der Waals surface area contributed by atoms with Crippen LogP contribution in [-0.2, 0) is 0 Å². The molecule has 1 aliphatic rings. The third-order valence-electron chi connectivity index (χ3n) is 4.50. The normalized spacial score (nSPS) is 15.1. The Morgan fingerprint density at radius 3 is 2.50 bits per heavy atom. The SMILES string of the molecule is N#Cc1cc([N+](=O)[O-])ccc1N1CCN(C/C=C/c2ccccc2)CC1. The molecule has 0 unspecified atom stereocenters. The second kappa shape index (κ2) is 8.28. The molecule has 1 saturated heterocycles. The van der Waals surface area contributed by atoms with Crippen molar-refractivity contribution in [1.29, 1.82) is 5.26 Å². The number of benzene rings is 2. The molecule has 0 saturated carbocycles. The van der Waals surface area contributed by atoms with Gasteiger partial charge in [0.25, 0.3) is 5.69 Å². The molecule has 1 aliphatic heterocycles. The average molecular weight is 348 g/mol. The summed E-state index contributed by atoms with van der Waals surface area (Å²) in [6, 6.07) is 16.8. The molecule has 0 radical (unpaired) electrons. The zero-order valence-electron chi connectivity index (χ0n) is 14.4. The number of non-ortho nitro benzene ring substituents is 1. The number of hydrogen-bond acceptors (Lipinski definition) is 5. The van der Waals surface area contributed by atoms with Crippen molar-refractivity contribution in [3.8, 4) is 6.07 Å². The van der Waals surface area contributed by atoms with Crippen molar-refractivity contribution in [3.05, 3.63) is 75.8 Å². The van der Waals surface area contributed by atoms with E-state index in [4.69, 9.17) is 0 Å². The van der Waals surface area contributed by atoms with Gasteiger partial charge in [0.15, 0.2) is 0 Å². The van der Waals surface area contributed by atoms with Crippen LogP contribution in [0.3, 0.4) is 0 Å². The van der Waals surface area contributed by atoms with E-state index in [0.29, 0.717) is 5.56 Å². The molecule has 1 heterocycles. The molecular formula is C20H20N4O2. The van der Waals surface area contributed by atoms with Gasteiger partial charge in [-0.1, -0.05) is 42.5 Å². The zero-order chi connectivity index (χ0) is 18.4. The Balaban J connectivity index is 1.58. The van der Waals surface area contributed by atoms with Crippen LogP contribution in [0.25, 0.3) is 6.08 Å². The standard InChI is InChI=1S/C20H20N4O2/c21-16-18-15-19(24(25)26)8-9-20(18)23-13-11-22(12-14-23)10-4-7-17-5-2-1-3-6-17/h1-9,15H,10-14H2/b7-4+. The van der Waals surface area contributed by atoms with E-state index in [1.165, 1.54) is 17.7 Å². The van der Waals surface area contributed by atoms with Crippen molar-refractivity contribution in [2.45, 2.75) is 0 Å². The van der Waals surface area contributed by atoms with Gasteiger partial charge >= 0.3 is 0 Å². The lowest BCUT2D eigenvalue weighted by atomic mass is 10.1. The van der Waals surface area contributed by atoms with Crippen LogP contribution >= 0.6 is 0 Å². The van der Waals surface area contributed by atoms with Crippen molar-refractivity contribution >= 4 is 17.5 Å². The number of nitrogens with zero attached hydrogens (tertiary/aromatic N) is 4. The number of rotatable bonds is 5. The second-order valence-electron chi connectivity index (χ2n) is 6.17. The van der Waals surface area contributed by atoms with Crippen LogP contribution in [0.15, 0.2) is 54.6 Å². The summed E-state index contributed by atoms with van der Waals surface area (Å²) in [5.74, 6) is 0. The largest absolute Gasteiger partial charge is 0.368 e. The van der Waals surface area contributed by atoms with E-state index in [1.54, 1.807) is 6.07 Å². The van der Waals surface area contributed by atoms with Crippen LogP contribution in [0, 0.1) is 21.4 Å². The molecule has 6 nitrogen and oxygen atoms in total. The molecule has 1 fully saturated rings. The summed E-state index contributed by atoms with van der Waals surface area (Å²) in [6.07, 6.45) is 4.29. The number of anilines is 1. The Bertz CT molecular complexity index is 835. The number of nitro groups is 1. The Labute approximate surface area is 152 Å². The summed E-state index contributed by atoms with van der Waals surface area (Å²) >= 11 is 0. The molecule has 26 heavy (non-hydrogen) atoms. The summed E-state index contributed by atoms with van der Waals surface area (Å²) in [4.78, 5) is 14.9. The highest BCUT2D eigenvalue weighted by molar-refractivity contribution is 5.63. The predicted molar refractivity (Wildman–Crippen MR) is 102 cm³/mol. The maximum atomic E-state index is 10.9. The lowest BCUT2D eigenvalue weighted by molar-refractivity contribution is -0.384. The Morgan fingerprint density at radius 2 is 1.85 bits per heavy atom. The first-order valence-corrected chi connectivity index (χ1v) is 8.55. The van der Waals surface area contributed by atoms with E-state index in [-0.39, 0.29) is 5.69 Å². The molecule has 0 N–H and O–H groups in total. The van der Waals surface area contributed by atoms with Gasteiger partial charge in [-0.2, -0.15) is 5.26 Å². The van der Waals surface area contributed by atoms with E-state index in [0.717, 1.165) is 38.4 Å². The van der Waals surface area contributed by atoms with Gasteiger partial charge in [-0.3, -0.25) is 15.0 Å². The van der Waals surface area contributed by atoms with E-state index < -0.39 is 4.92 Å². The van der Waals surface area contributed by atoms with Crippen LogP contribution in [0.2, 0.25) is 0 Å². The fourth-order valence-corrected chi connectivity index (χ4v) is 3.08. The summed E-state index contributed by atoms with van der Waals surface area (Å²) in [7, 11) is 0. The third-order valence-corrected chi connectivity index (χ3v) is 4.50. The minimum absolute atomic E-state index is 0.0463. The Hall–Kier alpha value is -3.17. The van der Waals surface area contributed by atoms with Crippen molar-refractivity contribution < 1.29 is 4.92 Å². The Kier molecular flexibility index (Phi) is 5.62. The molecule has 0 spiro atoms. The van der Waals surface area contributed by atoms with Gasteiger partial charge in [0, 0.05) is 44.9 Å². The molecule has 0 atom stereocenters. The first-order chi connectivity index (χ1) is 12.7. The zero-order valence-corrected chi connectivity index (χ0v) is 14.4. The van der Waals surface area contributed by atoms with Crippen LogP contribution in [0.4, 0.5) is 11.4 Å². The van der Waals surface area contributed by atoms with Gasteiger partial charge in [-0.05, 0) is 11.6 Å². The number of hydrogen-bond donors (Lipinski definition) is 0.